The standard InChI is InChI=1S/C24H27N3O3/c1-5-27(15-23(28)26-18-9-8-10-19(13-18)30-4)24(29)14-21-16(2)20-11-6-7-12-22(20)25-17(21)3/h6-13H,5,14-15H2,1-4H3,(H,26,28). The third-order valence-electron chi connectivity index (χ3n) is 5.24. The fraction of sp³-hybridized carbons (Fsp3) is 0.292. The Labute approximate surface area is 176 Å². The molecule has 3 aromatic rings. The lowest BCUT2D eigenvalue weighted by Crippen LogP contribution is -2.39. The number of pyridine rings is 1. The third-order valence-corrected chi connectivity index (χ3v) is 5.24. The first-order valence-corrected chi connectivity index (χ1v) is 9.99. The van der Waals surface area contributed by atoms with E-state index in [2.05, 4.69) is 10.3 Å². The number of aromatic nitrogens is 1. The molecule has 0 fully saturated rings. The van der Waals surface area contributed by atoms with E-state index in [0.717, 1.165) is 27.7 Å². The van der Waals surface area contributed by atoms with Gasteiger partial charge in [0.25, 0.3) is 0 Å². The minimum atomic E-state index is -0.247. The van der Waals surface area contributed by atoms with Crippen molar-refractivity contribution in [3.05, 3.63) is 65.4 Å². The monoisotopic (exact) mass is 405 g/mol. The molecule has 0 saturated heterocycles. The van der Waals surface area contributed by atoms with Crippen molar-refractivity contribution in [2.75, 3.05) is 25.5 Å². The summed E-state index contributed by atoms with van der Waals surface area (Å²) in [5, 5.41) is 3.87. The van der Waals surface area contributed by atoms with Crippen LogP contribution in [0.4, 0.5) is 5.69 Å². The number of carbonyl (C=O) groups is 2. The van der Waals surface area contributed by atoms with E-state index in [1.165, 1.54) is 0 Å². The Morgan fingerprint density at radius 2 is 1.87 bits per heavy atom. The maximum absolute atomic E-state index is 13.0. The zero-order valence-corrected chi connectivity index (χ0v) is 17.9. The number of aryl methyl sites for hydroxylation is 2. The summed E-state index contributed by atoms with van der Waals surface area (Å²) in [5.74, 6) is 0.316. The topological polar surface area (TPSA) is 71.5 Å². The second kappa shape index (κ2) is 9.39. The summed E-state index contributed by atoms with van der Waals surface area (Å²) < 4.78 is 5.17. The van der Waals surface area contributed by atoms with Crippen LogP contribution >= 0.6 is 0 Å². The molecule has 2 amide bonds. The Kier molecular flexibility index (Phi) is 6.67. The summed E-state index contributed by atoms with van der Waals surface area (Å²) in [4.78, 5) is 31.7. The molecular formula is C24H27N3O3. The number of rotatable bonds is 7. The number of fused-ring (bicyclic) bond motifs is 1. The highest BCUT2D eigenvalue weighted by Crippen LogP contribution is 2.23. The largest absolute Gasteiger partial charge is 0.497 e. The van der Waals surface area contributed by atoms with Gasteiger partial charge in [0.2, 0.25) is 11.8 Å². The predicted octanol–water partition coefficient (Wildman–Crippen LogP) is 3.89. The molecule has 0 bridgehead atoms. The number of carbonyl (C=O) groups excluding carboxylic acids is 2. The van der Waals surface area contributed by atoms with E-state index in [0.29, 0.717) is 18.0 Å². The summed E-state index contributed by atoms with van der Waals surface area (Å²) in [5.41, 5.74) is 4.38. The van der Waals surface area contributed by atoms with Crippen molar-refractivity contribution in [1.82, 2.24) is 9.88 Å². The summed E-state index contributed by atoms with van der Waals surface area (Å²) in [6.45, 7) is 6.25. The molecule has 156 valence electrons. The van der Waals surface area contributed by atoms with Crippen LogP contribution in [0.3, 0.4) is 0 Å². The van der Waals surface area contributed by atoms with Gasteiger partial charge in [-0.1, -0.05) is 24.3 Å². The van der Waals surface area contributed by atoms with E-state index in [-0.39, 0.29) is 24.8 Å². The lowest BCUT2D eigenvalue weighted by Gasteiger charge is -2.22. The maximum atomic E-state index is 13.0. The van der Waals surface area contributed by atoms with Gasteiger partial charge in [0.15, 0.2) is 0 Å². The Morgan fingerprint density at radius 3 is 2.60 bits per heavy atom. The summed E-state index contributed by atoms with van der Waals surface area (Å²) in [7, 11) is 1.57. The van der Waals surface area contributed by atoms with Gasteiger partial charge in [-0.2, -0.15) is 0 Å². The van der Waals surface area contributed by atoms with Crippen molar-refractivity contribution >= 4 is 28.4 Å². The quantitative estimate of drug-likeness (QED) is 0.647. The van der Waals surface area contributed by atoms with Crippen LogP contribution < -0.4 is 10.1 Å². The molecule has 2 aromatic carbocycles. The van der Waals surface area contributed by atoms with Crippen LogP contribution in [0.25, 0.3) is 10.9 Å². The van der Waals surface area contributed by atoms with Crippen molar-refractivity contribution in [2.45, 2.75) is 27.2 Å². The number of nitrogens with zero attached hydrogens (tertiary/aromatic N) is 2. The molecule has 1 N–H and O–H groups in total. The number of benzene rings is 2. The molecule has 0 unspecified atom stereocenters. The molecule has 0 aliphatic carbocycles. The molecule has 0 saturated carbocycles. The molecule has 0 spiro atoms. The van der Waals surface area contributed by atoms with Crippen LogP contribution in [0.5, 0.6) is 5.75 Å². The molecule has 1 heterocycles. The number of ether oxygens (including phenoxy) is 1. The average Bonchev–Trinajstić information content (AvgIpc) is 2.74. The molecule has 3 rings (SSSR count). The number of hydrogen-bond acceptors (Lipinski definition) is 4. The molecule has 0 radical (unpaired) electrons. The first-order valence-electron chi connectivity index (χ1n) is 9.99. The number of likely N-dealkylation sites (N-methyl/N-ethyl adjacent to an activating group) is 1. The van der Waals surface area contributed by atoms with Crippen molar-refractivity contribution in [3.8, 4) is 5.75 Å². The lowest BCUT2D eigenvalue weighted by atomic mass is 9.99. The zero-order valence-electron chi connectivity index (χ0n) is 17.9. The molecule has 0 aliphatic rings. The van der Waals surface area contributed by atoms with Crippen LogP contribution in [0.1, 0.15) is 23.7 Å². The average molecular weight is 405 g/mol. The van der Waals surface area contributed by atoms with Gasteiger partial charge in [0, 0.05) is 29.4 Å². The van der Waals surface area contributed by atoms with Crippen molar-refractivity contribution < 1.29 is 14.3 Å². The van der Waals surface area contributed by atoms with Gasteiger partial charge < -0.3 is 15.0 Å². The second-order valence-electron chi connectivity index (χ2n) is 7.18. The smallest absolute Gasteiger partial charge is 0.243 e. The molecule has 6 nitrogen and oxygen atoms in total. The summed E-state index contributed by atoms with van der Waals surface area (Å²) in [6, 6.07) is 15.1. The Hall–Kier alpha value is -3.41. The normalized spacial score (nSPS) is 10.7. The van der Waals surface area contributed by atoms with E-state index in [1.54, 1.807) is 36.3 Å². The molecule has 30 heavy (non-hydrogen) atoms. The van der Waals surface area contributed by atoms with E-state index in [4.69, 9.17) is 4.74 Å². The first kappa shape index (κ1) is 21.3. The van der Waals surface area contributed by atoms with Crippen molar-refractivity contribution in [3.63, 3.8) is 0 Å². The molecular weight excluding hydrogens is 378 g/mol. The van der Waals surface area contributed by atoms with Crippen LogP contribution in [-0.2, 0) is 16.0 Å². The minimum absolute atomic E-state index is 0.00829. The number of methoxy groups -OCH3 is 1. The van der Waals surface area contributed by atoms with Gasteiger partial charge in [-0.3, -0.25) is 14.6 Å². The van der Waals surface area contributed by atoms with Gasteiger partial charge in [-0.25, -0.2) is 0 Å². The first-order chi connectivity index (χ1) is 14.4. The minimum Gasteiger partial charge on any atom is -0.497 e. The number of anilines is 1. The van der Waals surface area contributed by atoms with Crippen LogP contribution in [0, 0.1) is 13.8 Å². The third kappa shape index (κ3) is 4.76. The van der Waals surface area contributed by atoms with Crippen LogP contribution in [0.2, 0.25) is 0 Å². The SMILES string of the molecule is CCN(CC(=O)Nc1cccc(OC)c1)C(=O)Cc1c(C)nc2ccccc2c1C. The highest BCUT2D eigenvalue weighted by atomic mass is 16.5. The van der Waals surface area contributed by atoms with Gasteiger partial charge in [0.05, 0.1) is 25.6 Å². The van der Waals surface area contributed by atoms with Gasteiger partial charge >= 0.3 is 0 Å². The molecule has 0 aliphatic heterocycles. The van der Waals surface area contributed by atoms with Crippen molar-refractivity contribution in [2.24, 2.45) is 0 Å². The maximum Gasteiger partial charge on any atom is 0.243 e. The molecule has 6 heteroatoms. The van der Waals surface area contributed by atoms with Gasteiger partial charge in [-0.15, -0.1) is 0 Å². The number of hydrogen-bond donors (Lipinski definition) is 1. The highest BCUT2D eigenvalue weighted by molar-refractivity contribution is 5.95. The van der Waals surface area contributed by atoms with E-state index < -0.39 is 0 Å². The van der Waals surface area contributed by atoms with E-state index in [1.807, 2.05) is 45.0 Å². The molecule has 0 atom stereocenters. The zero-order chi connectivity index (χ0) is 21.7. The van der Waals surface area contributed by atoms with Gasteiger partial charge in [-0.05, 0) is 50.1 Å². The van der Waals surface area contributed by atoms with E-state index >= 15 is 0 Å². The Morgan fingerprint density at radius 1 is 1.10 bits per heavy atom. The van der Waals surface area contributed by atoms with Gasteiger partial charge in [0.1, 0.15) is 5.75 Å². The number of para-hydroxylation sites is 1. The Bertz CT molecular complexity index is 1080. The summed E-state index contributed by atoms with van der Waals surface area (Å²) >= 11 is 0. The summed E-state index contributed by atoms with van der Waals surface area (Å²) in [6.07, 6.45) is 0.218. The fourth-order valence-electron chi connectivity index (χ4n) is 3.54. The van der Waals surface area contributed by atoms with Crippen LogP contribution in [0.15, 0.2) is 48.5 Å². The van der Waals surface area contributed by atoms with Crippen molar-refractivity contribution in [1.29, 1.82) is 0 Å². The van der Waals surface area contributed by atoms with Crippen LogP contribution in [-0.4, -0.2) is 41.9 Å². The highest BCUT2D eigenvalue weighted by Gasteiger charge is 2.19. The fourth-order valence-corrected chi connectivity index (χ4v) is 3.54. The second-order valence-corrected chi connectivity index (χ2v) is 7.18. The lowest BCUT2D eigenvalue weighted by molar-refractivity contribution is -0.133. The van der Waals surface area contributed by atoms with E-state index in [9.17, 15) is 9.59 Å². The molecule has 1 aromatic heterocycles. The Balaban J connectivity index is 1.72. The number of amides is 2. The predicted molar refractivity (Wildman–Crippen MR) is 119 cm³/mol. The number of nitrogens with one attached hydrogen (secondary N) is 1.